The Morgan fingerprint density at radius 2 is 1.33 bits per heavy atom. The van der Waals surface area contributed by atoms with Crippen molar-refractivity contribution in [3.63, 3.8) is 0 Å². The minimum absolute atomic E-state index is 0.00534. The fraction of sp³-hybridized carbons (Fsp3) is 0.613. The largest absolute Gasteiger partial charge is 0.289 e. The molecule has 0 amide bonds. The van der Waals surface area contributed by atoms with Crippen LogP contribution in [0.2, 0.25) is 0 Å². The third-order valence-electron chi connectivity index (χ3n) is 7.29. The van der Waals surface area contributed by atoms with Gasteiger partial charge in [0, 0.05) is 22.3 Å². The lowest BCUT2D eigenvalue weighted by atomic mass is 9.83. The summed E-state index contributed by atoms with van der Waals surface area (Å²) in [5.41, 5.74) is 3.68. The van der Waals surface area contributed by atoms with Crippen molar-refractivity contribution < 1.29 is 9.59 Å². The van der Waals surface area contributed by atoms with Gasteiger partial charge in [0.2, 0.25) is 0 Å². The van der Waals surface area contributed by atoms with Gasteiger partial charge in [-0.2, -0.15) is 0 Å². The zero-order chi connectivity index (χ0) is 24.4. The van der Waals surface area contributed by atoms with Crippen molar-refractivity contribution >= 4 is 11.6 Å². The second kappa shape index (κ2) is 13.7. The van der Waals surface area contributed by atoms with E-state index in [1.165, 1.54) is 56.9 Å². The molecule has 1 aliphatic rings. The normalized spacial score (nSPS) is 16.4. The fourth-order valence-electron chi connectivity index (χ4n) is 4.81. The predicted molar refractivity (Wildman–Crippen MR) is 141 cm³/mol. The molecule has 2 unspecified atom stereocenters. The molecule has 182 valence electrons. The van der Waals surface area contributed by atoms with Crippen LogP contribution in [-0.4, -0.2) is 11.6 Å². The van der Waals surface area contributed by atoms with Crippen LogP contribution in [0.15, 0.2) is 47.1 Å². The Hall–Kier alpha value is -1.96. The molecule has 0 aromatic heterocycles. The van der Waals surface area contributed by atoms with Crippen LogP contribution < -0.4 is 0 Å². The maximum atomic E-state index is 12.9. The molecule has 0 bridgehead atoms. The number of Topliss-reactive ketones (excluding diaryl/α,β-unsaturated/α-hetero) is 2. The maximum absolute atomic E-state index is 12.9. The first-order valence-corrected chi connectivity index (χ1v) is 13.2. The molecular weight excluding hydrogens is 404 g/mol. The van der Waals surface area contributed by atoms with Crippen molar-refractivity contribution in [1.29, 1.82) is 0 Å². The van der Waals surface area contributed by atoms with Gasteiger partial charge in [0.1, 0.15) is 0 Å². The molecule has 0 N–H and O–H groups in total. The second-order valence-electron chi connectivity index (χ2n) is 10.9. The van der Waals surface area contributed by atoms with Gasteiger partial charge in [-0.1, -0.05) is 109 Å². The van der Waals surface area contributed by atoms with Gasteiger partial charge in [-0.15, -0.1) is 0 Å². The summed E-state index contributed by atoms with van der Waals surface area (Å²) in [6.07, 6.45) is 14.4. The molecule has 33 heavy (non-hydrogen) atoms. The molecule has 1 aliphatic carbocycles. The second-order valence-corrected chi connectivity index (χ2v) is 10.9. The highest BCUT2D eigenvalue weighted by Gasteiger charge is 2.28. The molecule has 2 rings (SSSR count). The number of allylic oxidation sites excluding steroid dienone is 4. The van der Waals surface area contributed by atoms with Crippen molar-refractivity contribution in [2.75, 3.05) is 0 Å². The first-order chi connectivity index (χ1) is 15.7. The lowest BCUT2D eigenvalue weighted by molar-refractivity contribution is 0.0973. The number of ketones is 2. The Morgan fingerprint density at radius 1 is 0.788 bits per heavy atom. The highest BCUT2D eigenvalue weighted by Crippen LogP contribution is 2.29. The lowest BCUT2D eigenvalue weighted by Crippen LogP contribution is -2.20. The van der Waals surface area contributed by atoms with Gasteiger partial charge in [-0.25, -0.2) is 0 Å². The quantitative estimate of drug-likeness (QED) is 0.209. The number of rotatable bonds is 14. The van der Waals surface area contributed by atoms with Crippen molar-refractivity contribution in [2.24, 2.45) is 17.8 Å². The van der Waals surface area contributed by atoms with Crippen molar-refractivity contribution in [3.8, 4) is 0 Å². The fourth-order valence-corrected chi connectivity index (χ4v) is 4.81. The van der Waals surface area contributed by atoms with E-state index in [1.54, 1.807) is 19.1 Å². The van der Waals surface area contributed by atoms with E-state index in [0.29, 0.717) is 28.7 Å². The van der Waals surface area contributed by atoms with E-state index in [0.717, 1.165) is 24.2 Å². The molecular formula is C31H46O2. The van der Waals surface area contributed by atoms with Gasteiger partial charge in [0.25, 0.3) is 0 Å². The first kappa shape index (κ1) is 27.3. The average Bonchev–Trinajstić information content (AvgIpc) is 2.79. The van der Waals surface area contributed by atoms with Crippen LogP contribution in [0.4, 0.5) is 0 Å². The minimum atomic E-state index is -0.00534. The monoisotopic (exact) mass is 450 g/mol. The predicted octanol–water partition coefficient (Wildman–Crippen LogP) is 9.16. The summed E-state index contributed by atoms with van der Waals surface area (Å²) in [6.45, 7) is 13.4. The van der Waals surface area contributed by atoms with Crippen molar-refractivity contribution in [3.05, 3.63) is 58.2 Å². The number of unbranched alkanes of at least 4 members (excludes halogenated alkanes) is 1. The summed E-state index contributed by atoms with van der Waals surface area (Å²) >= 11 is 0. The zero-order valence-corrected chi connectivity index (χ0v) is 22.0. The summed E-state index contributed by atoms with van der Waals surface area (Å²) in [7, 11) is 0. The third kappa shape index (κ3) is 8.72. The molecule has 1 aromatic carbocycles. The Morgan fingerprint density at radius 3 is 1.94 bits per heavy atom. The van der Waals surface area contributed by atoms with E-state index in [2.05, 4.69) is 40.7 Å². The Bertz CT molecular complexity index is 855. The van der Waals surface area contributed by atoms with Crippen LogP contribution in [0.5, 0.6) is 0 Å². The van der Waals surface area contributed by atoms with Crippen LogP contribution >= 0.6 is 0 Å². The van der Waals surface area contributed by atoms with Crippen LogP contribution in [0.3, 0.4) is 0 Å². The highest BCUT2D eigenvalue weighted by molar-refractivity contribution is 6.26. The van der Waals surface area contributed by atoms with Crippen molar-refractivity contribution in [1.82, 2.24) is 0 Å². The molecule has 0 heterocycles. The van der Waals surface area contributed by atoms with E-state index in [-0.39, 0.29) is 11.6 Å². The molecule has 0 saturated carbocycles. The van der Waals surface area contributed by atoms with E-state index >= 15 is 0 Å². The molecule has 0 radical (unpaired) electrons. The lowest BCUT2D eigenvalue weighted by Gasteiger charge is -2.18. The first-order valence-electron chi connectivity index (χ1n) is 13.2. The van der Waals surface area contributed by atoms with E-state index in [1.807, 2.05) is 12.1 Å². The molecule has 2 heteroatoms. The van der Waals surface area contributed by atoms with Crippen LogP contribution in [-0.2, 0) is 0 Å². The summed E-state index contributed by atoms with van der Waals surface area (Å²) < 4.78 is 0. The molecule has 0 saturated heterocycles. The molecule has 0 aliphatic heterocycles. The van der Waals surface area contributed by atoms with Gasteiger partial charge < -0.3 is 0 Å². The summed E-state index contributed by atoms with van der Waals surface area (Å²) in [6, 6.07) is 7.18. The van der Waals surface area contributed by atoms with Gasteiger partial charge in [-0.3, -0.25) is 9.59 Å². The molecule has 1 aromatic rings. The van der Waals surface area contributed by atoms with Crippen LogP contribution in [0, 0.1) is 17.8 Å². The SMILES string of the molecule is CC(=CCC1=C(C)C(=O)c2ccccc2C1=O)CCCC(C)CCC(C)CCCCC(C)C. The van der Waals surface area contributed by atoms with E-state index in [9.17, 15) is 9.59 Å². The van der Waals surface area contributed by atoms with Gasteiger partial charge >= 0.3 is 0 Å². The van der Waals surface area contributed by atoms with Crippen molar-refractivity contribution in [2.45, 2.75) is 106 Å². The van der Waals surface area contributed by atoms with Crippen LogP contribution in [0.25, 0.3) is 0 Å². The summed E-state index contributed by atoms with van der Waals surface area (Å²) in [5.74, 6) is 2.46. The zero-order valence-electron chi connectivity index (χ0n) is 22.0. The summed E-state index contributed by atoms with van der Waals surface area (Å²) in [4.78, 5) is 25.5. The Labute approximate surface area is 202 Å². The Kier molecular flexibility index (Phi) is 11.3. The van der Waals surface area contributed by atoms with Gasteiger partial charge in [-0.05, 0) is 50.9 Å². The van der Waals surface area contributed by atoms with Gasteiger partial charge in [0.15, 0.2) is 11.6 Å². The number of fused-ring (bicyclic) bond motifs is 1. The summed E-state index contributed by atoms with van der Waals surface area (Å²) in [5, 5.41) is 0. The molecule has 0 spiro atoms. The van der Waals surface area contributed by atoms with Gasteiger partial charge in [0.05, 0.1) is 0 Å². The topological polar surface area (TPSA) is 34.1 Å². The van der Waals surface area contributed by atoms with E-state index in [4.69, 9.17) is 0 Å². The molecule has 2 nitrogen and oxygen atoms in total. The smallest absolute Gasteiger partial charge is 0.190 e. The third-order valence-corrected chi connectivity index (χ3v) is 7.29. The highest BCUT2D eigenvalue weighted by atomic mass is 16.1. The van der Waals surface area contributed by atoms with Crippen LogP contribution in [0.1, 0.15) is 126 Å². The molecule has 2 atom stereocenters. The standard InChI is InChI=1S/C31H46O2/c1-22(2)12-7-8-13-23(3)18-19-24(4)14-11-15-25(5)20-21-27-26(6)30(32)28-16-9-10-17-29(28)31(27)33/h9-10,16-17,20,22-24H,7-8,11-15,18-19,21H2,1-6H3. The number of carbonyl (C=O) groups is 2. The maximum Gasteiger partial charge on any atom is 0.190 e. The number of carbonyl (C=O) groups excluding carboxylic acids is 2. The van der Waals surface area contributed by atoms with E-state index < -0.39 is 0 Å². The Balaban J connectivity index is 1.71. The average molecular weight is 451 g/mol. The number of hydrogen-bond acceptors (Lipinski definition) is 2. The number of benzene rings is 1. The minimum Gasteiger partial charge on any atom is -0.289 e. The molecule has 0 fully saturated rings. The number of hydrogen-bond donors (Lipinski definition) is 0.